The molecule has 0 radical (unpaired) electrons. The van der Waals surface area contributed by atoms with Gasteiger partial charge in [-0.05, 0) is 20.3 Å². The van der Waals surface area contributed by atoms with Gasteiger partial charge in [0.05, 0.1) is 6.61 Å². The molecule has 1 aliphatic heterocycles. The molecule has 1 saturated heterocycles. The first-order chi connectivity index (χ1) is 6.16. The molecule has 1 amide bonds. The molecule has 0 aliphatic carbocycles. The van der Waals surface area contributed by atoms with E-state index in [1.165, 1.54) is 0 Å². The number of aliphatic hydroxyl groups is 1. The predicted molar refractivity (Wildman–Crippen MR) is 50.3 cm³/mol. The van der Waals surface area contributed by atoms with Crippen molar-refractivity contribution in [2.75, 3.05) is 19.7 Å². The third-order valence-corrected chi connectivity index (χ3v) is 2.43. The Morgan fingerprint density at radius 1 is 1.69 bits per heavy atom. The van der Waals surface area contributed by atoms with Crippen molar-refractivity contribution in [2.24, 2.45) is 0 Å². The minimum atomic E-state index is -0.359. The Labute approximate surface area is 78.9 Å². The van der Waals surface area contributed by atoms with Crippen LogP contribution in [0.4, 0.5) is 0 Å². The Kier molecular flexibility index (Phi) is 3.69. The molecular weight excluding hydrogens is 168 g/mol. The smallest absolute Gasteiger partial charge is 0.239 e. The monoisotopic (exact) mass is 186 g/mol. The van der Waals surface area contributed by atoms with Crippen LogP contribution in [0.3, 0.4) is 0 Å². The second kappa shape index (κ2) is 4.58. The number of nitrogens with zero attached hydrogens (tertiary/aromatic N) is 1. The molecule has 4 nitrogen and oxygen atoms in total. The van der Waals surface area contributed by atoms with Crippen LogP contribution in [0.25, 0.3) is 0 Å². The van der Waals surface area contributed by atoms with Crippen molar-refractivity contribution in [3.05, 3.63) is 0 Å². The van der Waals surface area contributed by atoms with Gasteiger partial charge in [0, 0.05) is 19.1 Å². The van der Waals surface area contributed by atoms with Crippen molar-refractivity contribution in [3.63, 3.8) is 0 Å². The Balaban J connectivity index is 2.71. The lowest BCUT2D eigenvalue weighted by Crippen LogP contribution is -2.49. The van der Waals surface area contributed by atoms with Gasteiger partial charge in [0.1, 0.15) is 6.04 Å². The zero-order valence-corrected chi connectivity index (χ0v) is 8.29. The lowest BCUT2D eigenvalue weighted by molar-refractivity contribution is -0.127. The van der Waals surface area contributed by atoms with E-state index in [4.69, 9.17) is 5.11 Å². The molecule has 0 aromatic carbocycles. The number of carbonyl (C=O) groups excluding carboxylic acids is 1. The number of hydrogen-bond acceptors (Lipinski definition) is 3. The van der Waals surface area contributed by atoms with Crippen LogP contribution < -0.4 is 5.32 Å². The van der Waals surface area contributed by atoms with Crippen molar-refractivity contribution in [2.45, 2.75) is 32.4 Å². The van der Waals surface area contributed by atoms with Gasteiger partial charge in [0.25, 0.3) is 0 Å². The molecule has 1 rings (SSSR count). The minimum absolute atomic E-state index is 0.0475. The zero-order chi connectivity index (χ0) is 9.84. The summed E-state index contributed by atoms with van der Waals surface area (Å²) in [6.45, 7) is 5.59. The minimum Gasteiger partial charge on any atom is -0.394 e. The standard InChI is InChI=1S/C9H18N2O2/c1-7(2)11-5-3-4-10-9(13)8(11)6-12/h7-8,12H,3-6H2,1-2H3,(H,10,13). The third-order valence-electron chi connectivity index (χ3n) is 2.43. The molecule has 1 unspecified atom stereocenters. The summed E-state index contributed by atoms with van der Waals surface area (Å²) < 4.78 is 0. The lowest BCUT2D eigenvalue weighted by Gasteiger charge is -2.30. The topological polar surface area (TPSA) is 52.6 Å². The molecule has 0 spiro atoms. The van der Waals surface area contributed by atoms with E-state index < -0.39 is 0 Å². The van der Waals surface area contributed by atoms with Gasteiger partial charge in [-0.3, -0.25) is 9.69 Å². The van der Waals surface area contributed by atoms with E-state index in [1.807, 2.05) is 18.7 Å². The molecule has 0 aromatic rings. The van der Waals surface area contributed by atoms with Gasteiger partial charge in [-0.2, -0.15) is 0 Å². The molecule has 1 atom stereocenters. The predicted octanol–water partition coefficient (Wildman–Crippen LogP) is -0.422. The quantitative estimate of drug-likeness (QED) is 0.615. The lowest BCUT2D eigenvalue weighted by atomic mass is 10.2. The molecular formula is C9H18N2O2. The summed E-state index contributed by atoms with van der Waals surface area (Å²) in [5, 5.41) is 11.9. The summed E-state index contributed by atoms with van der Waals surface area (Å²) in [6, 6.07) is -0.0523. The summed E-state index contributed by atoms with van der Waals surface area (Å²) in [4.78, 5) is 13.5. The number of amides is 1. The molecule has 1 heterocycles. The normalized spacial score (nSPS) is 25.8. The van der Waals surface area contributed by atoms with Crippen molar-refractivity contribution >= 4 is 5.91 Å². The fourth-order valence-corrected chi connectivity index (χ4v) is 1.70. The molecule has 1 fully saturated rings. The summed E-state index contributed by atoms with van der Waals surface area (Å²) in [5.74, 6) is -0.0475. The maximum atomic E-state index is 11.4. The highest BCUT2D eigenvalue weighted by atomic mass is 16.3. The van der Waals surface area contributed by atoms with E-state index in [1.54, 1.807) is 0 Å². The first-order valence-electron chi connectivity index (χ1n) is 4.81. The van der Waals surface area contributed by atoms with Crippen LogP contribution in [0.1, 0.15) is 20.3 Å². The second-order valence-corrected chi connectivity index (χ2v) is 3.67. The highest BCUT2D eigenvalue weighted by Gasteiger charge is 2.28. The van der Waals surface area contributed by atoms with Crippen LogP contribution in [0.15, 0.2) is 0 Å². The number of aliphatic hydroxyl groups excluding tert-OH is 1. The highest BCUT2D eigenvalue weighted by Crippen LogP contribution is 2.09. The van der Waals surface area contributed by atoms with Gasteiger partial charge in [-0.15, -0.1) is 0 Å². The van der Waals surface area contributed by atoms with Crippen LogP contribution in [0.5, 0.6) is 0 Å². The first kappa shape index (κ1) is 10.5. The van der Waals surface area contributed by atoms with Crippen molar-refractivity contribution in [1.29, 1.82) is 0 Å². The highest BCUT2D eigenvalue weighted by molar-refractivity contribution is 5.82. The summed E-state index contributed by atoms with van der Waals surface area (Å²) >= 11 is 0. The van der Waals surface area contributed by atoms with Crippen LogP contribution >= 0.6 is 0 Å². The second-order valence-electron chi connectivity index (χ2n) is 3.67. The van der Waals surface area contributed by atoms with E-state index in [9.17, 15) is 4.79 Å². The maximum Gasteiger partial charge on any atom is 0.239 e. The Bertz CT molecular complexity index is 182. The fourth-order valence-electron chi connectivity index (χ4n) is 1.70. The molecule has 4 heteroatoms. The third kappa shape index (κ3) is 2.42. The van der Waals surface area contributed by atoms with Gasteiger partial charge in [0.2, 0.25) is 5.91 Å². The molecule has 2 N–H and O–H groups in total. The van der Waals surface area contributed by atoms with Crippen molar-refractivity contribution in [1.82, 2.24) is 10.2 Å². The van der Waals surface area contributed by atoms with Crippen LogP contribution in [-0.4, -0.2) is 47.7 Å². The molecule has 0 aromatic heterocycles. The number of hydrogen-bond donors (Lipinski definition) is 2. The SMILES string of the molecule is CC(C)N1CCCNC(=O)C1CO. The van der Waals surface area contributed by atoms with Gasteiger partial charge in [-0.25, -0.2) is 0 Å². The summed E-state index contributed by atoms with van der Waals surface area (Å²) in [6.07, 6.45) is 0.959. The molecule has 0 saturated carbocycles. The molecule has 1 aliphatic rings. The van der Waals surface area contributed by atoms with Crippen LogP contribution in [0, 0.1) is 0 Å². The Morgan fingerprint density at radius 3 is 2.92 bits per heavy atom. The van der Waals surface area contributed by atoms with Crippen molar-refractivity contribution in [3.8, 4) is 0 Å². The van der Waals surface area contributed by atoms with E-state index >= 15 is 0 Å². The first-order valence-corrected chi connectivity index (χ1v) is 4.81. The van der Waals surface area contributed by atoms with Crippen LogP contribution in [-0.2, 0) is 4.79 Å². The zero-order valence-electron chi connectivity index (χ0n) is 8.29. The van der Waals surface area contributed by atoms with Crippen molar-refractivity contribution < 1.29 is 9.90 Å². The van der Waals surface area contributed by atoms with E-state index in [-0.39, 0.29) is 18.6 Å². The van der Waals surface area contributed by atoms with Gasteiger partial charge in [0.15, 0.2) is 0 Å². The average Bonchev–Trinajstić information content (AvgIpc) is 2.26. The van der Waals surface area contributed by atoms with Gasteiger partial charge in [-0.1, -0.05) is 0 Å². The summed E-state index contributed by atoms with van der Waals surface area (Å²) in [7, 11) is 0. The Hall–Kier alpha value is -0.610. The van der Waals surface area contributed by atoms with E-state index in [0.717, 1.165) is 19.5 Å². The van der Waals surface area contributed by atoms with Crippen LogP contribution in [0.2, 0.25) is 0 Å². The van der Waals surface area contributed by atoms with E-state index in [0.29, 0.717) is 6.04 Å². The number of carbonyl (C=O) groups is 1. The van der Waals surface area contributed by atoms with Gasteiger partial charge < -0.3 is 10.4 Å². The van der Waals surface area contributed by atoms with E-state index in [2.05, 4.69) is 5.32 Å². The molecule has 0 bridgehead atoms. The Morgan fingerprint density at radius 2 is 2.38 bits per heavy atom. The maximum absolute atomic E-state index is 11.4. The average molecular weight is 186 g/mol. The number of nitrogens with one attached hydrogen (secondary N) is 1. The van der Waals surface area contributed by atoms with Gasteiger partial charge >= 0.3 is 0 Å². The summed E-state index contributed by atoms with van der Waals surface area (Å²) in [5.41, 5.74) is 0. The molecule has 76 valence electrons. The largest absolute Gasteiger partial charge is 0.394 e. The fraction of sp³-hybridized carbons (Fsp3) is 0.889. The molecule has 13 heavy (non-hydrogen) atoms. The number of rotatable bonds is 2.